The largest absolute Gasteiger partial charge is 0.494 e. The van der Waals surface area contributed by atoms with Crippen LogP contribution >= 0.6 is 0 Å². The van der Waals surface area contributed by atoms with Crippen molar-refractivity contribution in [1.29, 1.82) is 5.26 Å². The second-order valence-electron chi connectivity index (χ2n) is 5.51. The predicted molar refractivity (Wildman–Crippen MR) is 92.3 cm³/mol. The second kappa shape index (κ2) is 6.77. The van der Waals surface area contributed by atoms with Crippen molar-refractivity contribution in [3.05, 3.63) is 46.7 Å². The Morgan fingerprint density at radius 3 is 2.76 bits per heavy atom. The van der Waals surface area contributed by atoms with E-state index in [4.69, 9.17) is 19.6 Å². The number of ether oxygens (including phenoxy) is 2. The number of benzene rings is 1. The molecule has 0 amide bonds. The molecule has 0 bridgehead atoms. The van der Waals surface area contributed by atoms with Gasteiger partial charge in [-0.2, -0.15) is 5.26 Å². The van der Waals surface area contributed by atoms with Crippen LogP contribution in [0.2, 0.25) is 0 Å². The molecule has 130 valence electrons. The van der Waals surface area contributed by atoms with Gasteiger partial charge in [0.1, 0.15) is 23.0 Å². The number of fused-ring (bicyclic) bond motifs is 1. The van der Waals surface area contributed by atoms with Crippen molar-refractivity contribution in [2.24, 2.45) is 5.73 Å². The highest BCUT2D eigenvalue weighted by Crippen LogP contribution is 2.44. The number of nitrogens with two attached hydrogens (primary N) is 1. The fourth-order valence-corrected chi connectivity index (χ4v) is 2.93. The molecule has 1 aliphatic heterocycles. The van der Waals surface area contributed by atoms with Gasteiger partial charge in [0.2, 0.25) is 5.88 Å². The molecule has 0 fully saturated rings. The molecule has 0 saturated carbocycles. The number of hydrogen-bond acceptors (Lipinski definition) is 7. The Kier molecular flexibility index (Phi) is 4.52. The molecule has 0 spiro atoms. The fourth-order valence-electron chi connectivity index (χ4n) is 2.93. The Bertz CT molecular complexity index is 864. The molecule has 7 nitrogen and oxygen atoms in total. The minimum absolute atomic E-state index is 0.257. The van der Waals surface area contributed by atoms with Gasteiger partial charge >= 0.3 is 0 Å². The molecular weight excluding hydrogens is 320 g/mol. The molecule has 0 aliphatic carbocycles. The van der Waals surface area contributed by atoms with Crippen LogP contribution in [-0.4, -0.2) is 18.2 Å². The van der Waals surface area contributed by atoms with Gasteiger partial charge in [-0.25, -0.2) is 4.98 Å². The first-order chi connectivity index (χ1) is 12.1. The van der Waals surface area contributed by atoms with E-state index >= 15 is 0 Å². The van der Waals surface area contributed by atoms with Gasteiger partial charge in [-0.15, -0.1) is 0 Å². The summed E-state index contributed by atoms with van der Waals surface area (Å²) in [6.07, 6.45) is 0. The molecule has 1 atom stereocenters. The molecule has 25 heavy (non-hydrogen) atoms. The van der Waals surface area contributed by atoms with Crippen molar-refractivity contribution in [3.63, 3.8) is 0 Å². The summed E-state index contributed by atoms with van der Waals surface area (Å²) in [5, 5.41) is 12.5. The topological polar surface area (TPSA) is 106 Å². The van der Waals surface area contributed by atoms with E-state index in [0.717, 1.165) is 5.56 Å². The Hall–Kier alpha value is -3.14. The maximum Gasteiger partial charge on any atom is 0.223 e. The number of nitrogens with zero attached hydrogens (tertiary/aromatic N) is 2. The first kappa shape index (κ1) is 16.7. The number of aryl methyl sites for hydroxylation is 1. The molecule has 2 aromatic rings. The van der Waals surface area contributed by atoms with Crippen LogP contribution in [0.4, 0.5) is 5.88 Å². The van der Waals surface area contributed by atoms with Crippen LogP contribution in [0.25, 0.3) is 0 Å². The van der Waals surface area contributed by atoms with E-state index < -0.39 is 5.92 Å². The molecule has 0 unspecified atom stereocenters. The van der Waals surface area contributed by atoms with E-state index in [1.165, 1.54) is 0 Å². The summed E-state index contributed by atoms with van der Waals surface area (Å²) < 4.78 is 16.9. The number of oxazole rings is 1. The van der Waals surface area contributed by atoms with Crippen molar-refractivity contribution in [1.82, 2.24) is 4.98 Å². The van der Waals surface area contributed by atoms with Crippen molar-refractivity contribution in [2.45, 2.75) is 26.7 Å². The van der Waals surface area contributed by atoms with Crippen molar-refractivity contribution in [2.75, 3.05) is 18.5 Å². The number of hydrogen-bond donors (Lipinski definition) is 2. The number of aromatic nitrogens is 1. The van der Waals surface area contributed by atoms with Crippen molar-refractivity contribution < 1.29 is 13.9 Å². The van der Waals surface area contributed by atoms with E-state index in [9.17, 15) is 5.26 Å². The number of nitriles is 1. The van der Waals surface area contributed by atoms with Gasteiger partial charge in [0.05, 0.1) is 30.8 Å². The summed E-state index contributed by atoms with van der Waals surface area (Å²) in [5.41, 5.74) is 7.83. The van der Waals surface area contributed by atoms with E-state index in [2.05, 4.69) is 16.4 Å². The highest BCUT2D eigenvalue weighted by atomic mass is 16.5. The van der Waals surface area contributed by atoms with E-state index in [1.807, 2.05) is 32.0 Å². The number of anilines is 1. The molecular formula is C18H20N4O3. The lowest BCUT2D eigenvalue weighted by Crippen LogP contribution is -2.23. The van der Waals surface area contributed by atoms with Gasteiger partial charge in [-0.1, -0.05) is 6.07 Å². The maximum absolute atomic E-state index is 9.63. The first-order valence-electron chi connectivity index (χ1n) is 8.12. The van der Waals surface area contributed by atoms with Crippen molar-refractivity contribution in [3.8, 4) is 17.6 Å². The smallest absolute Gasteiger partial charge is 0.223 e. The summed E-state index contributed by atoms with van der Waals surface area (Å²) >= 11 is 0. The van der Waals surface area contributed by atoms with Gasteiger partial charge < -0.3 is 24.9 Å². The Morgan fingerprint density at radius 2 is 2.08 bits per heavy atom. The average Bonchev–Trinajstić information content (AvgIpc) is 2.94. The van der Waals surface area contributed by atoms with Gasteiger partial charge in [0.25, 0.3) is 0 Å². The maximum atomic E-state index is 9.63. The zero-order valence-electron chi connectivity index (χ0n) is 14.4. The van der Waals surface area contributed by atoms with Gasteiger partial charge in [0.15, 0.2) is 5.89 Å². The Labute approximate surface area is 146 Å². The summed E-state index contributed by atoms with van der Waals surface area (Å²) in [7, 11) is 0. The lowest BCUT2D eigenvalue weighted by molar-refractivity contribution is 0.320. The molecule has 1 aromatic heterocycles. The van der Waals surface area contributed by atoms with Gasteiger partial charge in [-0.3, -0.25) is 0 Å². The quantitative estimate of drug-likeness (QED) is 0.861. The normalized spacial score (nSPS) is 16.0. The Morgan fingerprint density at radius 1 is 1.32 bits per heavy atom. The van der Waals surface area contributed by atoms with E-state index in [0.29, 0.717) is 47.8 Å². The SMILES string of the molecule is CCOc1ccc([C@H]2C(C#N)=C(N)Nc3oc(C)nc32)c(OCC)c1. The molecule has 3 rings (SSSR count). The molecule has 0 radical (unpaired) electrons. The number of nitrogens with one attached hydrogen (secondary N) is 1. The van der Waals surface area contributed by atoms with E-state index in [1.54, 1.807) is 6.92 Å². The molecule has 0 saturated heterocycles. The summed E-state index contributed by atoms with van der Waals surface area (Å²) in [6.45, 7) is 6.62. The lowest BCUT2D eigenvalue weighted by atomic mass is 9.86. The highest BCUT2D eigenvalue weighted by Gasteiger charge is 2.35. The first-order valence-corrected chi connectivity index (χ1v) is 8.12. The minimum Gasteiger partial charge on any atom is -0.494 e. The number of rotatable bonds is 5. The van der Waals surface area contributed by atoms with Gasteiger partial charge in [-0.05, 0) is 19.9 Å². The van der Waals surface area contributed by atoms with Crippen LogP contribution in [0.1, 0.15) is 36.9 Å². The summed E-state index contributed by atoms with van der Waals surface area (Å²) in [5.74, 6) is 2.08. The lowest BCUT2D eigenvalue weighted by Gasteiger charge is -2.24. The summed E-state index contributed by atoms with van der Waals surface area (Å²) in [6, 6.07) is 7.73. The molecule has 1 aliphatic rings. The van der Waals surface area contributed by atoms with Crippen LogP contribution in [0.5, 0.6) is 11.5 Å². The van der Waals surface area contributed by atoms with Gasteiger partial charge in [0, 0.05) is 18.6 Å². The molecule has 1 aromatic carbocycles. The molecule has 3 N–H and O–H groups in total. The third-order valence-corrected chi connectivity index (χ3v) is 3.89. The van der Waals surface area contributed by atoms with Crippen LogP contribution in [-0.2, 0) is 0 Å². The third-order valence-electron chi connectivity index (χ3n) is 3.89. The third kappa shape index (κ3) is 2.98. The van der Waals surface area contributed by atoms with Crippen LogP contribution in [0.15, 0.2) is 34.0 Å². The zero-order chi connectivity index (χ0) is 18.0. The zero-order valence-corrected chi connectivity index (χ0v) is 14.4. The molecule has 2 heterocycles. The standard InChI is InChI=1S/C18H20N4O3/c1-4-23-11-6-7-12(14(8-11)24-5-2)15-13(9-19)17(20)22-18-16(15)21-10(3)25-18/h6-8,15,22H,4-5,20H2,1-3H3/t15-/m0/s1. The molecule has 7 heteroatoms. The van der Waals surface area contributed by atoms with Crippen LogP contribution in [0.3, 0.4) is 0 Å². The second-order valence-corrected chi connectivity index (χ2v) is 5.51. The average molecular weight is 340 g/mol. The number of allylic oxidation sites excluding steroid dienone is 1. The van der Waals surface area contributed by atoms with E-state index in [-0.39, 0.29) is 5.82 Å². The predicted octanol–water partition coefficient (Wildman–Crippen LogP) is 3.03. The van der Waals surface area contributed by atoms with Crippen LogP contribution in [0, 0.1) is 18.3 Å². The van der Waals surface area contributed by atoms with Crippen LogP contribution < -0.4 is 20.5 Å². The van der Waals surface area contributed by atoms with Crippen molar-refractivity contribution >= 4 is 5.88 Å². The fraction of sp³-hybridized carbons (Fsp3) is 0.333. The monoisotopic (exact) mass is 340 g/mol. The highest BCUT2D eigenvalue weighted by molar-refractivity contribution is 5.63. The Balaban J connectivity index is 2.17. The minimum atomic E-state index is -0.462. The summed E-state index contributed by atoms with van der Waals surface area (Å²) in [4.78, 5) is 4.44.